The number of pyridine rings is 2. The molecular weight excluding hydrogens is 349 g/mol. The molecular formula is C19H22FN5O2. The summed E-state index contributed by atoms with van der Waals surface area (Å²) in [5.41, 5.74) is 1.04. The largest absolute Gasteiger partial charge is 0.472 e. The SMILES string of the molecule is CNC(=O)c1nc2c3c(nccc3c1C)OC(C)C1C3CCC(N3)C(F)N21. The summed E-state index contributed by atoms with van der Waals surface area (Å²) in [7, 11) is 1.57. The average molecular weight is 371 g/mol. The third-order valence-corrected chi connectivity index (χ3v) is 6.13. The van der Waals surface area contributed by atoms with Crippen molar-refractivity contribution in [2.24, 2.45) is 0 Å². The van der Waals surface area contributed by atoms with Crippen LogP contribution >= 0.6 is 0 Å². The first-order valence-corrected chi connectivity index (χ1v) is 9.37. The van der Waals surface area contributed by atoms with Gasteiger partial charge in [-0.15, -0.1) is 0 Å². The number of aryl methyl sites for hydroxylation is 1. The number of amides is 1. The van der Waals surface area contributed by atoms with Gasteiger partial charge < -0.3 is 20.3 Å². The zero-order valence-corrected chi connectivity index (χ0v) is 15.5. The molecule has 5 unspecified atom stereocenters. The fourth-order valence-electron chi connectivity index (χ4n) is 4.86. The highest BCUT2D eigenvalue weighted by Gasteiger charge is 2.52. The van der Waals surface area contributed by atoms with Gasteiger partial charge in [0.25, 0.3) is 5.91 Å². The highest BCUT2D eigenvalue weighted by Crippen LogP contribution is 2.44. The minimum Gasteiger partial charge on any atom is -0.472 e. The molecule has 2 N–H and O–H groups in total. The van der Waals surface area contributed by atoms with Crippen LogP contribution in [0.25, 0.3) is 10.8 Å². The number of anilines is 1. The Bertz CT molecular complexity index is 951. The van der Waals surface area contributed by atoms with Gasteiger partial charge in [0, 0.05) is 19.3 Å². The number of rotatable bonds is 1. The molecule has 5 rings (SSSR count). The Kier molecular flexibility index (Phi) is 3.56. The topological polar surface area (TPSA) is 79.4 Å². The van der Waals surface area contributed by atoms with E-state index in [4.69, 9.17) is 4.74 Å². The molecule has 0 radical (unpaired) electrons. The number of piperazine rings is 1. The monoisotopic (exact) mass is 371 g/mol. The van der Waals surface area contributed by atoms with Gasteiger partial charge in [-0.2, -0.15) is 0 Å². The molecule has 2 saturated heterocycles. The van der Waals surface area contributed by atoms with Gasteiger partial charge in [-0.25, -0.2) is 14.4 Å². The molecule has 2 aromatic heterocycles. The molecule has 5 atom stereocenters. The first-order valence-electron chi connectivity index (χ1n) is 9.37. The number of fused-ring (bicyclic) bond motifs is 5. The predicted octanol–water partition coefficient (Wildman–Crippen LogP) is 1.68. The fourth-order valence-corrected chi connectivity index (χ4v) is 4.86. The van der Waals surface area contributed by atoms with Gasteiger partial charge in [0.05, 0.1) is 17.5 Å². The average Bonchev–Trinajstić information content (AvgIpc) is 3.05. The number of carbonyl (C=O) groups excluding carboxylic acids is 1. The van der Waals surface area contributed by atoms with E-state index in [0.717, 1.165) is 23.8 Å². The van der Waals surface area contributed by atoms with E-state index in [2.05, 4.69) is 20.6 Å². The van der Waals surface area contributed by atoms with Crippen LogP contribution in [0.5, 0.6) is 5.88 Å². The summed E-state index contributed by atoms with van der Waals surface area (Å²) in [4.78, 5) is 23.2. The van der Waals surface area contributed by atoms with Crippen molar-refractivity contribution in [3.8, 4) is 5.88 Å². The molecule has 0 saturated carbocycles. The van der Waals surface area contributed by atoms with Gasteiger partial charge >= 0.3 is 0 Å². The minimum atomic E-state index is -1.23. The van der Waals surface area contributed by atoms with Crippen molar-refractivity contribution < 1.29 is 13.9 Å². The third kappa shape index (κ3) is 2.19. The van der Waals surface area contributed by atoms with Gasteiger partial charge in [0.15, 0.2) is 6.30 Å². The van der Waals surface area contributed by atoms with E-state index >= 15 is 4.39 Å². The van der Waals surface area contributed by atoms with Crippen molar-refractivity contribution in [2.75, 3.05) is 11.9 Å². The van der Waals surface area contributed by atoms with Crippen molar-refractivity contribution in [3.63, 3.8) is 0 Å². The molecule has 3 aliphatic heterocycles. The number of aromatic nitrogens is 2. The van der Waals surface area contributed by atoms with E-state index in [1.54, 1.807) is 18.1 Å². The molecule has 0 aromatic carbocycles. The van der Waals surface area contributed by atoms with Gasteiger partial charge in [0.2, 0.25) is 5.88 Å². The summed E-state index contributed by atoms with van der Waals surface area (Å²) >= 11 is 0. The van der Waals surface area contributed by atoms with Crippen molar-refractivity contribution in [1.82, 2.24) is 20.6 Å². The normalized spacial score (nSPS) is 31.3. The number of hydrogen-bond donors (Lipinski definition) is 2. The van der Waals surface area contributed by atoms with Crippen LogP contribution < -0.4 is 20.3 Å². The second-order valence-electron chi connectivity index (χ2n) is 7.58. The van der Waals surface area contributed by atoms with E-state index in [9.17, 15) is 4.79 Å². The molecule has 0 spiro atoms. The molecule has 7 nitrogen and oxygen atoms in total. The second-order valence-corrected chi connectivity index (χ2v) is 7.58. The van der Waals surface area contributed by atoms with E-state index in [-0.39, 0.29) is 30.1 Å². The lowest BCUT2D eigenvalue weighted by atomic mass is 9.98. The van der Waals surface area contributed by atoms with Crippen molar-refractivity contribution in [3.05, 3.63) is 23.5 Å². The lowest BCUT2D eigenvalue weighted by Gasteiger charge is -2.45. The molecule has 2 bridgehead atoms. The standard InChI is InChI=1S/C19H22FN5O2/c1-8-10-6-7-22-19-13(10)17(24-14(8)18(26)21-3)25-15(9(2)27-19)11-4-5-12(23-11)16(25)20/h6-7,9,11-12,15-16,23H,4-5H2,1-3H3,(H,21,26). The van der Waals surface area contributed by atoms with E-state index in [0.29, 0.717) is 22.8 Å². The maximum absolute atomic E-state index is 15.5. The van der Waals surface area contributed by atoms with Crippen molar-refractivity contribution in [1.29, 1.82) is 0 Å². The number of nitrogens with zero attached hydrogens (tertiary/aromatic N) is 3. The molecule has 8 heteroatoms. The number of nitrogens with one attached hydrogen (secondary N) is 2. The summed E-state index contributed by atoms with van der Waals surface area (Å²) in [5.74, 6) is 0.622. The van der Waals surface area contributed by atoms with Gasteiger partial charge in [0.1, 0.15) is 17.6 Å². The van der Waals surface area contributed by atoms with Gasteiger partial charge in [-0.05, 0) is 43.7 Å². The van der Waals surface area contributed by atoms with Gasteiger partial charge in [-0.3, -0.25) is 4.79 Å². The van der Waals surface area contributed by atoms with Crippen LogP contribution in [-0.2, 0) is 0 Å². The summed E-state index contributed by atoms with van der Waals surface area (Å²) in [5, 5.41) is 7.52. The second kappa shape index (κ2) is 5.76. The Balaban J connectivity index is 1.83. The van der Waals surface area contributed by atoms with Gasteiger partial charge in [-0.1, -0.05) is 0 Å². The maximum Gasteiger partial charge on any atom is 0.270 e. The van der Waals surface area contributed by atoms with Crippen molar-refractivity contribution >= 4 is 22.5 Å². The lowest BCUT2D eigenvalue weighted by Crippen LogP contribution is -2.66. The lowest BCUT2D eigenvalue weighted by molar-refractivity contribution is 0.0957. The van der Waals surface area contributed by atoms with E-state index in [1.165, 1.54) is 0 Å². The number of hydrogen-bond acceptors (Lipinski definition) is 6. The van der Waals surface area contributed by atoms with Crippen molar-refractivity contribution in [2.45, 2.75) is 57.2 Å². The third-order valence-electron chi connectivity index (χ3n) is 6.13. The van der Waals surface area contributed by atoms with E-state index < -0.39 is 6.30 Å². The van der Waals surface area contributed by atoms with Crippen LogP contribution in [0.15, 0.2) is 12.3 Å². The quantitative estimate of drug-likeness (QED) is 0.743. The Labute approximate surface area is 156 Å². The van der Waals surface area contributed by atoms with Crippen LogP contribution in [0.4, 0.5) is 10.2 Å². The van der Waals surface area contributed by atoms with Crippen LogP contribution in [0.3, 0.4) is 0 Å². The Morgan fingerprint density at radius 1 is 1.41 bits per heavy atom. The Hall–Kier alpha value is -2.48. The summed E-state index contributed by atoms with van der Waals surface area (Å²) in [6, 6.07) is 1.50. The van der Waals surface area contributed by atoms with Crippen LogP contribution in [0, 0.1) is 6.92 Å². The first kappa shape index (κ1) is 16.7. The summed E-state index contributed by atoms with van der Waals surface area (Å²) in [6.45, 7) is 3.80. The fraction of sp³-hybridized carbons (Fsp3) is 0.526. The Morgan fingerprint density at radius 2 is 2.19 bits per heavy atom. The van der Waals surface area contributed by atoms with Crippen LogP contribution in [-0.4, -0.2) is 53.4 Å². The zero-order chi connectivity index (χ0) is 18.9. The molecule has 2 fully saturated rings. The molecule has 142 valence electrons. The highest BCUT2D eigenvalue weighted by atomic mass is 19.1. The highest BCUT2D eigenvalue weighted by molar-refractivity contribution is 6.05. The number of halogens is 1. The zero-order valence-electron chi connectivity index (χ0n) is 15.5. The van der Waals surface area contributed by atoms with E-state index in [1.807, 2.05) is 19.9 Å². The van der Waals surface area contributed by atoms with Crippen LogP contribution in [0.2, 0.25) is 0 Å². The maximum atomic E-state index is 15.5. The molecule has 27 heavy (non-hydrogen) atoms. The molecule has 3 aliphatic rings. The summed E-state index contributed by atoms with van der Waals surface area (Å²) < 4.78 is 21.7. The number of alkyl halides is 1. The first-order chi connectivity index (χ1) is 13.0. The molecule has 0 aliphatic carbocycles. The molecule has 2 aromatic rings. The molecule has 1 amide bonds. The summed E-state index contributed by atoms with van der Waals surface area (Å²) in [6.07, 6.45) is 1.83. The smallest absolute Gasteiger partial charge is 0.270 e. The molecule has 5 heterocycles. The predicted molar refractivity (Wildman–Crippen MR) is 98.9 cm³/mol. The minimum absolute atomic E-state index is 0.118. The number of ether oxygens (including phenoxy) is 1. The number of carbonyl (C=O) groups is 1. The van der Waals surface area contributed by atoms with Crippen LogP contribution in [0.1, 0.15) is 35.8 Å². The Morgan fingerprint density at radius 3 is 2.96 bits per heavy atom.